The van der Waals surface area contributed by atoms with Crippen molar-refractivity contribution in [2.45, 2.75) is 26.0 Å². The van der Waals surface area contributed by atoms with Gasteiger partial charge in [0, 0.05) is 6.04 Å². The van der Waals surface area contributed by atoms with Crippen molar-refractivity contribution in [3.8, 4) is 11.5 Å². The van der Waals surface area contributed by atoms with Crippen LogP contribution in [0, 0.1) is 0 Å². The standard InChI is InChI=1S/C17H21NO2/c1-12(18)15-5-4-6-17(11-15)20-13(2)14-7-9-16(19-3)10-8-14/h4-13H,18H2,1-3H3. The first-order valence-corrected chi connectivity index (χ1v) is 6.76. The van der Waals surface area contributed by atoms with Crippen molar-refractivity contribution in [1.82, 2.24) is 0 Å². The molecule has 0 heterocycles. The molecule has 2 aromatic rings. The Bertz CT molecular complexity index is 549. The molecule has 2 N–H and O–H groups in total. The number of benzene rings is 2. The van der Waals surface area contributed by atoms with E-state index in [1.54, 1.807) is 7.11 Å². The fraction of sp³-hybridized carbons (Fsp3) is 0.294. The number of rotatable bonds is 5. The van der Waals surface area contributed by atoms with Crippen molar-refractivity contribution in [2.24, 2.45) is 5.73 Å². The molecule has 20 heavy (non-hydrogen) atoms. The lowest BCUT2D eigenvalue weighted by atomic mass is 10.1. The van der Waals surface area contributed by atoms with Gasteiger partial charge < -0.3 is 15.2 Å². The van der Waals surface area contributed by atoms with Crippen LogP contribution in [0.25, 0.3) is 0 Å². The maximum atomic E-state index is 5.97. The minimum Gasteiger partial charge on any atom is -0.497 e. The van der Waals surface area contributed by atoms with Crippen molar-refractivity contribution >= 4 is 0 Å². The Labute approximate surface area is 120 Å². The molecular weight excluding hydrogens is 250 g/mol. The van der Waals surface area contributed by atoms with Crippen molar-refractivity contribution in [3.63, 3.8) is 0 Å². The predicted molar refractivity (Wildman–Crippen MR) is 81.1 cm³/mol. The SMILES string of the molecule is COc1ccc(C(C)Oc2cccc(C(C)N)c2)cc1. The molecule has 0 radical (unpaired) electrons. The highest BCUT2D eigenvalue weighted by Crippen LogP contribution is 2.25. The molecule has 0 amide bonds. The molecule has 0 saturated heterocycles. The van der Waals surface area contributed by atoms with Gasteiger partial charge in [-0.2, -0.15) is 0 Å². The molecule has 2 rings (SSSR count). The van der Waals surface area contributed by atoms with Crippen molar-refractivity contribution < 1.29 is 9.47 Å². The quantitative estimate of drug-likeness (QED) is 0.898. The second kappa shape index (κ2) is 6.44. The van der Waals surface area contributed by atoms with E-state index in [0.29, 0.717) is 0 Å². The summed E-state index contributed by atoms with van der Waals surface area (Å²) < 4.78 is 11.1. The molecule has 0 fully saturated rings. The Hall–Kier alpha value is -2.00. The molecule has 2 atom stereocenters. The molecule has 0 aliphatic rings. The highest BCUT2D eigenvalue weighted by molar-refractivity contribution is 5.32. The van der Waals surface area contributed by atoms with Crippen LogP contribution >= 0.6 is 0 Å². The molecule has 0 spiro atoms. The number of hydrogen-bond acceptors (Lipinski definition) is 3. The Morgan fingerprint density at radius 3 is 2.20 bits per heavy atom. The van der Waals surface area contributed by atoms with Crippen LogP contribution in [0.1, 0.15) is 37.1 Å². The van der Waals surface area contributed by atoms with Crippen LogP contribution < -0.4 is 15.2 Å². The monoisotopic (exact) mass is 271 g/mol. The Kier molecular flexibility index (Phi) is 4.64. The molecule has 3 nitrogen and oxygen atoms in total. The fourth-order valence-corrected chi connectivity index (χ4v) is 2.02. The molecular formula is C17H21NO2. The lowest BCUT2D eigenvalue weighted by molar-refractivity contribution is 0.226. The number of methoxy groups -OCH3 is 1. The molecule has 3 heteroatoms. The van der Waals surface area contributed by atoms with E-state index in [1.807, 2.05) is 62.4 Å². The van der Waals surface area contributed by atoms with E-state index in [4.69, 9.17) is 15.2 Å². The van der Waals surface area contributed by atoms with Crippen LogP contribution in [0.15, 0.2) is 48.5 Å². The summed E-state index contributed by atoms with van der Waals surface area (Å²) in [4.78, 5) is 0. The minimum atomic E-state index is -0.0239. The molecule has 106 valence electrons. The highest BCUT2D eigenvalue weighted by atomic mass is 16.5. The first-order chi connectivity index (χ1) is 9.60. The second-order valence-electron chi connectivity index (χ2n) is 4.89. The summed E-state index contributed by atoms with van der Waals surface area (Å²) in [7, 11) is 1.66. The molecule has 2 unspecified atom stereocenters. The third-order valence-electron chi connectivity index (χ3n) is 3.28. The molecule has 0 saturated carbocycles. The van der Waals surface area contributed by atoms with Crippen LogP contribution in [0.5, 0.6) is 11.5 Å². The fourth-order valence-electron chi connectivity index (χ4n) is 2.02. The van der Waals surface area contributed by atoms with E-state index < -0.39 is 0 Å². The Morgan fingerprint density at radius 2 is 1.60 bits per heavy atom. The van der Waals surface area contributed by atoms with Gasteiger partial charge in [-0.15, -0.1) is 0 Å². The van der Waals surface area contributed by atoms with E-state index in [-0.39, 0.29) is 12.1 Å². The summed E-state index contributed by atoms with van der Waals surface area (Å²) in [6, 6.07) is 15.8. The van der Waals surface area contributed by atoms with Gasteiger partial charge in [-0.25, -0.2) is 0 Å². The van der Waals surface area contributed by atoms with Gasteiger partial charge >= 0.3 is 0 Å². The normalized spacial score (nSPS) is 13.6. The lowest BCUT2D eigenvalue weighted by Gasteiger charge is -2.16. The topological polar surface area (TPSA) is 44.5 Å². The van der Waals surface area contributed by atoms with Crippen molar-refractivity contribution in [2.75, 3.05) is 7.11 Å². The zero-order chi connectivity index (χ0) is 14.5. The number of hydrogen-bond donors (Lipinski definition) is 1. The second-order valence-corrected chi connectivity index (χ2v) is 4.89. The lowest BCUT2D eigenvalue weighted by Crippen LogP contribution is -2.06. The molecule has 0 aliphatic heterocycles. The smallest absolute Gasteiger partial charge is 0.121 e. The molecule has 0 bridgehead atoms. The highest BCUT2D eigenvalue weighted by Gasteiger charge is 2.08. The summed E-state index contributed by atoms with van der Waals surface area (Å²) in [5.74, 6) is 1.68. The van der Waals surface area contributed by atoms with E-state index in [0.717, 1.165) is 22.6 Å². The van der Waals surface area contributed by atoms with Gasteiger partial charge in [0.25, 0.3) is 0 Å². The summed E-state index contributed by atoms with van der Waals surface area (Å²) in [5.41, 5.74) is 8.07. The van der Waals surface area contributed by atoms with Crippen LogP contribution in [-0.4, -0.2) is 7.11 Å². The van der Waals surface area contributed by atoms with Gasteiger partial charge in [0.2, 0.25) is 0 Å². The van der Waals surface area contributed by atoms with Gasteiger partial charge in [-0.1, -0.05) is 24.3 Å². The molecule has 0 aliphatic carbocycles. The maximum Gasteiger partial charge on any atom is 0.121 e. The van der Waals surface area contributed by atoms with Crippen LogP contribution in [0.2, 0.25) is 0 Å². The Balaban J connectivity index is 2.10. The van der Waals surface area contributed by atoms with E-state index >= 15 is 0 Å². The average molecular weight is 271 g/mol. The summed E-state index contributed by atoms with van der Waals surface area (Å²) in [5, 5.41) is 0. The zero-order valence-corrected chi connectivity index (χ0v) is 12.2. The van der Waals surface area contributed by atoms with Crippen molar-refractivity contribution in [1.29, 1.82) is 0 Å². The third-order valence-corrected chi connectivity index (χ3v) is 3.28. The van der Waals surface area contributed by atoms with E-state index in [9.17, 15) is 0 Å². The van der Waals surface area contributed by atoms with Crippen LogP contribution in [0.4, 0.5) is 0 Å². The van der Waals surface area contributed by atoms with Gasteiger partial charge in [-0.3, -0.25) is 0 Å². The van der Waals surface area contributed by atoms with Gasteiger partial charge in [0.05, 0.1) is 7.11 Å². The summed E-state index contributed by atoms with van der Waals surface area (Å²) in [6.45, 7) is 3.99. The minimum absolute atomic E-state index is 0.00911. The average Bonchev–Trinajstić information content (AvgIpc) is 2.47. The predicted octanol–water partition coefficient (Wildman–Crippen LogP) is 3.85. The third kappa shape index (κ3) is 3.52. The largest absolute Gasteiger partial charge is 0.497 e. The molecule has 0 aromatic heterocycles. The van der Waals surface area contributed by atoms with E-state index in [1.165, 1.54) is 0 Å². The van der Waals surface area contributed by atoms with E-state index in [2.05, 4.69) is 0 Å². The van der Waals surface area contributed by atoms with Gasteiger partial charge in [-0.05, 0) is 49.2 Å². The summed E-state index contributed by atoms with van der Waals surface area (Å²) in [6.07, 6.45) is -0.0239. The summed E-state index contributed by atoms with van der Waals surface area (Å²) >= 11 is 0. The molecule has 2 aromatic carbocycles. The zero-order valence-electron chi connectivity index (χ0n) is 12.2. The first kappa shape index (κ1) is 14.4. The van der Waals surface area contributed by atoms with Crippen LogP contribution in [0.3, 0.4) is 0 Å². The van der Waals surface area contributed by atoms with Gasteiger partial charge in [0.1, 0.15) is 17.6 Å². The van der Waals surface area contributed by atoms with Gasteiger partial charge in [0.15, 0.2) is 0 Å². The first-order valence-electron chi connectivity index (χ1n) is 6.76. The van der Waals surface area contributed by atoms with Crippen LogP contribution in [-0.2, 0) is 0 Å². The maximum absolute atomic E-state index is 5.97. The number of ether oxygens (including phenoxy) is 2. The van der Waals surface area contributed by atoms with Crippen molar-refractivity contribution in [3.05, 3.63) is 59.7 Å². The number of nitrogens with two attached hydrogens (primary N) is 1. The Morgan fingerprint density at radius 1 is 0.900 bits per heavy atom.